The highest BCUT2D eigenvalue weighted by molar-refractivity contribution is 6.00. The van der Waals surface area contributed by atoms with Crippen molar-refractivity contribution in [3.8, 4) is 0 Å². The summed E-state index contributed by atoms with van der Waals surface area (Å²) in [5.74, 6) is -1.46. The van der Waals surface area contributed by atoms with Crippen molar-refractivity contribution < 1.29 is 18.7 Å². The molecule has 0 spiro atoms. The summed E-state index contributed by atoms with van der Waals surface area (Å²) < 4.78 is 20.3. The van der Waals surface area contributed by atoms with Crippen LogP contribution in [0.2, 0.25) is 0 Å². The van der Waals surface area contributed by atoms with Crippen LogP contribution in [0.5, 0.6) is 0 Å². The van der Waals surface area contributed by atoms with Gasteiger partial charge in [0.1, 0.15) is 5.82 Å². The van der Waals surface area contributed by atoms with Gasteiger partial charge in [0.15, 0.2) is 6.61 Å². The van der Waals surface area contributed by atoms with E-state index in [-0.39, 0.29) is 18.0 Å². The molecular formula is C17H18FNO3. The van der Waals surface area contributed by atoms with Crippen LogP contribution in [0.1, 0.15) is 37.7 Å². The Bertz CT molecular complexity index is 747. The first-order valence-electron chi connectivity index (χ1n) is 6.90. The number of hydrogen-bond acceptors (Lipinski definition) is 3. The minimum atomic E-state index is -0.711. The predicted molar refractivity (Wildman–Crippen MR) is 80.6 cm³/mol. The molecule has 1 aromatic heterocycles. The minimum Gasteiger partial charge on any atom is -0.454 e. The summed E-state index contributed by atoms with van der Waals surface area (Å²) in [7, 11) is 1.86. The largest absolute Gasteiger partial charge is 0.454 e. The summed E-state index contributed by atoms with van der Waals surface area (Å²) in [5.41, 5.74) is 2.84. The van der Waals surface area contributed by atoms with Crippen LogP contribution in [0.4, 0.5) is 4.39 Å². The van der Waals surface area contributed by atoms with Gasteiger partial charge in [-0.1, -0.05) is 6.07 Å². The van der Waals surface area contributed by atoms with Crippen molar-refractivity contribution in [2.45, 2.75) is 20.8 Å². The fraction of sp³-hybridized carbons (Fsp3) is 0.294. The van der Waals surface area contributed by atoms with Gasteiger partial charge in [0.2, 0.25) is 5.78 Å². The Morgan fingerprint density at radius 2 is 1.86 bits per heavy atom. The first-order chi connectivity index (χ1) is 10.3. The van der Waals surface area contributed by atoms with Gasteiger partial charge in [-0.25, -0.2) is 9.18 Å². The summed E-state index contributed by atoms with van der Waals surface area (Å²) in [6.07, 6.45) is 0. The van der Waals surface area contributed by atoms with Gasteiger partial charge in [-0.3, -0.25) is 4.79 Å². The summed E-state index contributed by atoms with van der Waals surface area (Å²) in [6.45, 7) is 4.97. The highest BCUT2D eigenvalue weighted by Gasteiger charge is 2.17. The molecule has 0 aliphatic rings. The Morgan fingerprint density at radius 1 is 1.18 bits per heavy atom. The van der Waals surface area contributed by atoms with E-state index < -0.39 is 11.8 Å². The Balaban J connectivity index is 2.05. The zero-order valence-corrected chi connectivity index (χ0v) is 13.1. The molecule has 1 aromatic carbocycles. The number of ether oxygens (including phenoxy) is 1. The lowest BCUT2D eigenvalue weighted by atomic mass is 10.1. The average Bonchev–Trinajstić information content (AvgIpc) is 2.75. The van der Waals surface area contributed by atoms with Gasteiger partial charge in [-0.15, -0.1) is 0 Å². The van der Waals surface area contributed by atoms with E-state index in [0.717, 1.165) is 17.5 Å². The van der Waals surface area contributed by atoms with Gasteiger partial charge in [-0.2, -0.15) is 0 Å². The number of rotatable bonds is 4. The standard InChI is InChI=1S/C17H18FNO3/c1-10-5-6-13(8-15(10)18)17(21)22-9-16(20)14-7-11(2)19(4)12(14)3/h5-8H,9H2,1-4H3. The molecule has 2 aromatic rings. The number of ketones is 1. The molecule has 0 amide bonds. The molecule has 0 N–H and O–H groups in total. The van der Waals surface area contributed by atoms with Crippen LogP contribution in [-0.2, 0) is 11.8 Å². The molecule has 0 unspecified atom stereocenters. The van der Waals surface area contributed by atoms with Crippen molar-refractivity contribution in [2.75, 3.05) is 6.61 Å². The zero-order valence-electron chi connectivity index (χ0n) is 13.1. The molecule has 1 heterocycles. The molecule has 22 heavy (non-hydrogen) atoms. The van der Waals surface area contributed by atoms with Gasteiger partial charge in [0.25, 0.3) is 0 Å². The fourth-order valence-corrected chi connectivity index (χ4v) is 2.15. The molecule has 0 aliphatic carbocycles. The van der Waals surface area contributed by atoms with E-state index in [2.05, 4.69) is 0 Å². The predicted octanol–water partition coefficient (Wildman–Crippen LogP) is 3.13. The lowest BCUT2D eigenvalue weighted by Crippen LogP contribution is -2.15. The normalized spacial score (nSPS) is 10.6. The third-order valence-corrected chi connectivity index (χ3v) is 3.82. The van der Waals surface area contributed by atoms with Crippen LogP contribution < -0.4 is 0 Å². The van der Waals surface area contributed by atoms with E-state index in [1.807, 2.05) is 25.5 Å². The van der Waals surface area contributed by atoms with Crippen molar-refractivity contribution in [2.24, 2.45) is 7.05 Å². The molecule has 0 bridgehead atoms. The Labute approximate surface area is 128 Å². The van der Waals surface area contributed by atoms with Crippen LogP contribution in [0, 0.1) is 26.6 Å². The molecule has 0 radical (unpaired) electrons. The second kappa shape index (κ2) is 6.13. The molecule has 116 valence electrons. The maximum atomic E-state index is 13.4. The lowest BCUT2D eigenvalue weighted by Gasteiger charge is -2.06. The maximum Gasteiger partial charge on any atom is 0.338 e. The van der Waals surface area contributed by atoms with E-state index in [1.165, 1.54) is 12.1 Å². The number of esters is 1. The van der Waals surface area contributed by atoms with Crippen LogP contribution in [0.3, 0.4) is 0 Å². The van der Waals surface area contributed by atoms with E-state index in [0.29, 0.717) is 11.1 Å². The van der Waals surface area contributed by atoms with Gasteiger partial charge in [0.05, 0.1) is 5.56 Å². The molecule has 5 heteroatoms. The van der Waals surface area contributed by atoms with Crippen molar-refractivity contribution >= 4 is 11.8 Å². The molecule has 0 aliphatic heterocycles. The molecule has 2 rings (SSSR count). The third-order valence-electron chi connectivity index (χ3n) is 3.82. The van der Waals surface area contributed by atoms with Crippen molar-refractivity contribution in [3.05, 3.63) is 58.2 Å². The van der Waals surface area contributed by atoms with Crippen LogP contribution >= 0.6 is 0 Å². The number of aryl methyl sites for hydroxylation is 2. The second-order valence-corrected chi connectivity index (χ2v) is 5.31. The van der Waals surface area contributed by atoms with Crippen LogP contribution in [-0.4, -0.2) is 22.9 Å². The number of carbonyl (C=O) groups excluding carboxylic acids is 2. The van der Waals surface area contributed by atoms with E-state index in [4.69, 9.17) is 4.74 Å². The maximum absolute atomic E-state index is 13.4. The van der Waals surface area contributed by atoms with E-state index >= 15 is 0 Å². The molecular weight excluding hydrogens is 285 g/mol. The first kappa shape index (κ1) is 15.9. The van der Waals surface area contributed by atoms with Crippen molar-refractivity contribution in [1.82, 2.24) is 4.57 Å². The van der Waals surface area contributed by atoms with Gasteiger partial charge in [0, 0.05) is 24.0 Å². The summed E-state index contributed by atoms with van der Waals surface area (Å²) in [6, 6.07) is 5.85. The topological polar surface area (TPSA) is 48.3 Å². The number of carbonyl (C=O) groups is 2. The Kier molecular flexibility index (Phi) is 4.45. The number of hydrogen-bond donors (Lipinski definition) is 0. The van der Waals surface area contributed by atoms with Crippen LogP contribution in [0.25, 0.3) is 0 Å². The molecule has 4 nitrogen and oxygen atoms in total. The average molecular weight is 303 g/mol. The number of halogens is 1. The van der Waals surface area contributed by atoms with Crippen LogP contribution in [0.15, 0.2) is 24.3 Å². The smallest absolute Gasteiger partial charge is 0.338 e. The van der Waals surface area contributed by atoms with E-state index in [1.54, 1.807) is 13.0 Å². The number of Topliss-reactive ketones (excluding diaryl/α,β-unsaturated/α-hetero) is 1. The summed E-state index contributed by atoms with van der Waals surface area (Å²) >= 11 is 0. The van der Waals surface area contributed by atoms with Gasteiger partial charge in [-0.05, 0) is 44.5 Å². The summed E-state index contributed by atoms with van der Waals surface area (Å²) in [4.78, 5) is 24.0. The zero-order chi connectivity index (χ0) is 16.4. The number of aromatic nitrogens is 1. The Hall–Kier alpha value is -2.43. The van der Waals surface area contributed by atoms with Crippen molar-refractivity contribution in [1.29, 1.82) is 0 Å². The summed E-state index contributed by atoms with van der Waals surface area (Å²) in [5, 5.41) is 0. The number of benzene rings is 1. The SMILES string of the molecule is Cc1ccc(C(=O)OCC(=O)c2cc(C)n(C)c2C)cc1F. The molecule has 0 atom stereocenters. The fourth-order valence-electron chi connectivity index (χ4n) is 2.15. The first-order valence-corrected chi connectivity index (χ1v) is 6.90. The quantitative estimate of drug-likeness (QED) is 0.644. The second-order valence-electron chi connectivity index (χ2n) is 5.31. The highest BCUT2D eigenvalue weighted by atomic mass is 19.1. The molecule has 0 saturated heterocycles. The van der Waals surface area contributed by atoms with Gasteiger partial charge >= 0.3 is 5.97 Å². The molecule has 0 saturated carbocycles. The highest BCUT2D eigenvalue weighted by Crippen LogP contribution is 2.15. The minimum absolute atomic E-state index is 0.0943. The van der Waals surface area contributed by atoms with Gasteiger partial charge < -0.3 is 9.30 Å². The molecule has 0 fully saturated rings. The Morgan fingerprint density at radius 3 is 2.41 bits per heavy atom. The lowest BCUT2D eigenvalue weighted by molar-refractivity contribution is 0.0474. The monoisotopic (exact) mass is 303 g/mol. The number of nitrogens with zero attached hydrogens (tertiary/aromatic N) is 1. The van der Waals surface area contributed by atoms with Crippen molar-refractivity contribution in [3.63, 3.8) is 0 Å². The third kappa shape index (κ3) is 3.08. The van der Waals surface area contributed by atoms with E-state index in [9.17, 15) is 14.0 Å².